The molecule has 1 aromatic carbocycles. The number of nitro benzene ring substituents is 1. The Kier molecular flexibility index (Phi) is 3.56. The van der Waals surface area contributed by atoms with Crippen molar-refractivity contribution in [2.24, 2.45) is 0 Å². The van der Waals surface area contributed by atoms with Crippen LogP contribution in [-0.2, 0) is 6.18 Å². The molecule has 0 saturated carbocycles. The third-order valence-corrected chi connectivity index (χ3v) is 2.98. The number of nitro groups is 1. The predicted molar refractivity (Wildman–Crippen MR) is 53.1 cm³/mol. The molecule has 0 fully saturated rings. The Morgan fingerprint density at radius 2 is 1.62 bits per heavy atom. The van der Waals surface area contributed by atoms with Gasteiger partial charge in [-0.1, -0.05) is 34.8 Å². The van der Waals surface area contributed by atoms with E-state index in [4.69, 9.17) is 34.8 Å². The van der Waals surface area contributed by atoms with E-state index in [0.717, 1.165) is 0 Å². The first-order chi connectivity index (χ1) is 7.16. The average Bonchev–Trinajstić information content (AvgIpc) is 2.11. The standard InChI is InChI=1S/C7HCl3F3NO2/c8-4-2(7(11,12)13)1-3(14(15)16)5(9)6(4)10/h1H. The molecule has 88 valence electrons. The van der Waals surface area contributed by atoms with E-state index in [1.165, 1.54) is 0 Å². The summed E-state index contributed by atoms with van der Waals surface area (Å²) in [5, 5.41) is 8.25. The molecular formula is C7HCl3F3NO2. The maximum absolute atomic E-state index is 12.4. The highest BCUT2D eigenvalue weighted by molar-refractivity contribution is 6.49. The SMILES string of the molecule is O=[N+]([O-])c1cc(C(F)(F)F)c(Cl)c(Cl)c1Cl. The molecule has 0 aliphatic carbocycles. The Labute approximate surface area is 102 Å². The summed E-state index contributed by atoms with van der Waals surface area (Å²) in [6.07, 6.45) is -4.84. The van der Waals surface area contributed by atoms with Gasteiger partial charge in [0.05, 0.1) is 20.5 Å². The van der Waals surface area contributed by atoms with Gasteiger partial charge in [-0.25, -0.2) is 0 Å². The minimum absolute atomic E-state index is 0.247. The van der Waals surface area contributed by atoms with E-state index >= 15 is 0 Å². The van der Waals surface area contributed by atoms with Crippen LogP contribution in [0, 0.1) is 10.1 Å². The van der Waals surface area contributed by atoms with Crippen LogP contribution in [0.2, 0.25) is 15.1 Å². The summed E-state index contributed by atoms with van der Waals surface area (Å²) in [5.41, 5.74) is -2.33. The molecule has 0 saturated heterocycles. The van der Waals surface area contributed by atoms with Gasteiger partial charge in [0.25, 0.3) is 5.69 Å². The highest BCUT2D eigenvalue weighted by Crippen LogP contribution is 2.45. The van der Waals surface area contributed by atoms with Gasteiger partial charge in [0.2, 0.25) is 0 Å². The molecule has 0 aromatic heterocycles. The highest BCUT2D eigenvalue weighted by Gasteiger charge is 2.37. The fraction of sp³-hybridized carbons (Fsp3) is 0.143. The van der Waals surface area contributed by atoms with Gasteiger partial charge in [-0.2, -0.15) is 13.2 Å². The minimum Gasteiger partial charge on any atom is -0.258 e. The molecule has 0 heterocycles. The van der Waals surface area contributed by atoms with Gasteiger partial charge in [0.1, 0.15) is 5.02 Å². The van der Waals surface area contributed by atoms with Crippen molar-refractivity contribution >= 4 is 40.5 Å². The maximum Gasteiger partial charge on any atom is 0.418 e. The van der Waals surface area contributed by atoms with E-state index in [-0.39, 0.29) is 6.07 Å². The minimum atomic E-state index is -4.84. The van der Waals surface area contributed by atoms with Crippen LogP contribution in [-0.4, -0.2) is 4.92 Å². The smallest absolute Gasteiger partial charge is 0.258 e. The van der Waals surface area contributed by atoms with Crippen molar-refractivity contribution in [2.45, 2.75) is 6.18 Å². The maximum atomic E-state index is 12.4. The molecule has 1 aromatic rings. The molecule has 9 heteroatoms. The van der Waals surface area contributed by atoms with Gasteiger partial charge in [-0.15, -0.1) is 0 Å². The first-order valence-electron chi connectivity index (χ1n) is 3.55. The normalized spacial score (nSPS) is 11.6. The van der Waals surface area contributed by atoms with Crippen molar-refractivity contribution < 1.29 is 18.1 Å². The lowest BCUT2D eigenvalue weighted by atomic mass is 10.2. The first kappa shape index (κ1) is 13.3. The molecule has 0 aliphatic heterocycles. The fourth-order valence-electron chi connectivity index (χ4n) is 0.930. The molecule has 3 nitrogen and oxygen atoms in total. The summed E-state index contributed by atoms with van der Waals surface area (Å²) in [6, 6.07) is 0.247. The van der Waals surface area contributed by atoms with Gasteiger partial charge >= 0.3 is 6.18 Å². The molecule has 16 heavy (non-hydrogen) atoms. The quantitative estimate of drug-likeness (QED) is 0.432. The van der Waals surface area contributed by atoms with Gasteiger partial charge < -0.3 is 0 Å². The van der Waals surface area contributed by atoms with E-state index in [1.54, 1.807) is 0 Å². The zero-order valence-electron chi connectivity index (χ0n) is 7.11. The van der Waals surface area contributed by atoms with Gasteiger partial charge in [-0.05, 0) is 0 Å². The Bertz CT molecular complexity index is 461. The number of nitrogens with zero attached hydrogens (tertiary/aromatic N) is 1. The van der Waals surface area contributed by atoms with Crippen LogP contribution >= 0.6 is 34.8 Å². The summed E-state index contributed by atoms with van der Waals surface area (Å²) in [5.74, 6) is 0. The number of alkyl halides is 3. The second-order valence-electron chi connectivity index (χ2n) is 2.64. The van der Waals surface area contributed by atoms with Gasteiger partial charge in [0, 0.05) is 6.07 Å². The van der Waals surface area contributed by atoms with Crippen molar-refractivity contribution in [2.75, 3.05) is 0 Å². The summed E-state index contributed by atoms with van der Waals surface area (Å²) >= 11 is 16.1. The van der Waals surface area contributed by atoms with Gasteiger partial charge in [-0.3, -0.25) is 10.1 Å². The third kappa shape index (κ3) is 2.34. The highest BCUT2D eigenvalue weighted by atomic mass is 35.5. The molecule has 0 amide bonds. The lowest BCUT2D eigenvalue weighted by Crippen LogP contribution is -2.07. The molecule has 0 aliphatic rings. The van der Waals surface area contributed by atoms with E-state index in [0.29, 0.717) is 0 Å². The van der Waals surface area contributed by atoms with E-state index < -0.39 is 37.4 Å². The number of hydrogen-bond acceptors (Lipinski definition) is 2. The van der Waals surface area contributed by atoms with Crippen LogP contribution in [0.4, 0.5) is 18.9 Å². The Morgan fingerprint density at radius 1 is 1.12 bits per heavy atom. The Morgan fingerprint density at radius 3 is 2.00 bits per heavy atom. The van der Waals surface area contributed by atoms with Crippen LogP contribution in [0.25, 0.3) is 0 Å². The van der Waals surface area contributed by atoms with Crippen molar-refractivity contribution in [3.05, 3.63) is 36.8 Å². The van der Waals surface area contributed by atoms with Crippen LogP contribution < -0.4 is 0 Å². The van der Waals surface area contributed by atoms with Crippen LogP contribution in [0.5, 0.6) is 0 Å². The number of hydrogen-bond donors (Lipinski definition) is 0. The van der Waals surface area contributed by atoms with Crippen LogP contribution in [0.3, 0.4) is 0 Å². The van der Waals surface area contributed by atoms with E-state index in [2.05, 4.69) is 0 Å². The molecule has 0 unspecified atom stereocenters. The zero-order chi connectivity index (χ0) is 12.7. The molecular weight excluding hydrogens is 293 g/mol. The molecule has 0 bridgehead atoms. The summed E-state index contributed by atoms with van der Waals surface area (Å²) in [6.45, 7) is 0. The topological polar surface area (TPSA) is 43.1 Å². The van der Waals surface area contributed by atoms with Crippen molar-refractivity contribution in [1.29, 1.82) is 0 Å². The average molecular weight is 294 g/mol. The summed E-state index contributed by atoms with van der Waals surface area (Å²) in [4.78, 5) is 9.35. The lowest BCUT2D eigenvalue weighted by molar-refractivity contribution is -0.384. The van der Waals surface area contributed by atoms with Crippen LogP contribution in [0.1, 0.15) is 5.56 Å². The Hall–Kier alpha value is -0.720. The van der Waals surface area contributed by atoms with Crippen LogP contribution in [0.15, 0.2) is 6.07 Å². The number of halogens is 6. The van der Waals surface area contributed by atoms with E-state index in [1.807, 2.05) is 0 Å². The van der Waals surface area contributed by atoms with E-state index in [9.17, 15) is 23.3 Å². The second-order valence-corrected chi connectivity index (χ2v) is 3.77. The second kappa shape index (κ2) is 4.27. The molecule has 0 spiro atoms. The Balaban J connectivity index is 3.61. The number of benzene rings is 1. The molecule has 0 atom stereocenters. The largest absolute Gasteiger partial charge is 0.418 e. The molecule has 1 rings (SSSR count). The lowest BCUT2D eigenvalue weighted by Gasteiger charge is -2.10. The number of rotatable bonds is 1. The molecule has 0 radical (unpaired) electrons. The first-order valence-corrected chi connectivity index (χ1v) is 4.68. The van der Waals surface area contributed by atoms with Crippen molar-refractivity contribution in [3.63, 3.8) is 0 Å². The molecule has 0 N–H and O–H groups in total. The van der Waals surface area contributed by atoms with Gasteiger partial charge in [0.15, 0.2) is 0 Å². The van der Waals surface area contributed by atoms with Crippen molar-refractivity contribution in [1.82, 2.24) is 0 Å². The summed E-state index contributed by atoms with van der Waals surface area (Å²) < 4.78 is 37.2. The monoisotopic (exact) mass is 293 g/mol. The zero-order valence-corrected chi connectivity index (χ0v) is 9.38. The third-order valence-electron chi connectivity index (χ3n) is 1.63. The predicted octanol–water partition coefficient (Wildman–Crippen LogP) is 4.57. The summed E-state index contributed by atoms with van der Waals surface area (Å²) in [7, 11) is 0. The van der Waals surface area contributed by atoms with Crippen molar-refractivity contribution in [3.8, 4) is 0 Å². The fourth-order valence-corrected chi connectivity index (χ4v) is 1.65.